The van der Waals surface area contributed by atoms with Crippen LogP contribution >= 0.6 is 0 Å². The highest BCUT2D eigenvalue weighted by Crippen LogP contribution is 2.22. The monoisotopic (exact) mass is 379 g/mol. The first-order chi connectivity index (χ1) is 13.7. The Labute approximate surface area is 162 Å². The summed E-state index contributed by atoms with van der Waals surface area (Å²) in [6.07, 6.45) is 3.01. The SMILES string of the molecule is O=[N+]([O-])c1cn2c(n1)CCC(OCc1ccc(OCc3ccccc3)cc1)C2. The van der Waals surface area contributed by atoms with Gasteiger partial charge in [-0.3, -0.25) is 0 Å². The summed E-state index contributed by atoms with van der Waals surface area (Å²) >= 11 is 0. The van der Waals surface area contributed by atoms with Crippen molar-refractivity contribution in [3.63, 3.8) is 0 Å². The summed E-state index contributed by atoms with van der Waals surface area (Å²) in [6, 6.07) is 17.9. The van der Waals surface area contributed by atoms with Crippen LogP contribution in [-0.2, 0) is 30.9 Å². The summed E-state index contributed by atoms with van der Waals surface area (Å²) in [4.78, 5) is 14.4. The number of nitro groups is 1. The van der Waals surface area contributed by atoms with E-state index in [1.807, 2.05) is 59.2 Å². The van der Waals surface area contributed by atoms with Gasteiger partial charge in [-0.05, 0) is 39.6 Å². The van der Waals surface area contributed by atoms with Crippen molar-refractivity contribution in [2.45, 2.75) is 38.7 Å². The third kappa shape index (κ3) is 4.37. The predicted molar refractivity (Wildman–Crippen MR) is 103 cm³/mol. The molecule has 7 nitrogen and oxygen atoms in total. The second-order valence-corrected chi connectivity index (χ2v) is 6.81. The van der Waals surface area contributed by atoms with Gasteiger partial charge in [0.2, 0.25) is 5.82 Å². The zero-order valence-corrected chi connectivity index (χ0v) is 15.4. The van der Waals surface area contributed by atoms with Crippen LogP contribution in [-0.4, -0.2) is 20.6 Å². The van der Waals surface area contributed by atoms with Crippen molar-refractivity contribution < 1.29 is 14.4 Å². The van der Waals surface area contributed by atoms with Crippen molar-refractivity contribution in [1.29, 1.82) is 0 Å². The number of ether oxygens (including phenoxy) is 2. The quantitative estimate of drug-likeness (QED) is 0.459. The molecule has 2 heterocycles. The van der Waals surface area contributed by atoms with Crippen LogP contribution in [0.15, 0.2) is 60.8 Å². The lowest BCUT2D eigenvalue weighted by atomic mass is 10.1. The van der Waals surface area contributed by atoms with Gasteiger partial charge in [0.05, 0.1) is 19.3 Å². The normalized spacial score (nSPS) is 15.8. The predicted octanol–water partition coefficient (Wildman–Crippen LogP) is 3.90. The van der Waals surface area contributed by atoms with E-state index in [0.717, 1.165) is 29.1 Å². The molecule has 0 spiro atoms. The Hall–Kier alpha value is -3.19. The van der Waals surface area contributed by atoms with E-state index in [2.05, 4.69) is 4.98 Å². The summed E-state index contributed by atoms with van der Waals surface area (Å²) in [5.74, 6) is 1.48. The van der Waals surface area contributed by atoms with E-state index < -0.39 is 4.92 Å². The summed E-state index contributed by atoms with van der Waals surface area (Å²) < 4.78 is 13.6. The molecular formula is C21H21N3O4. The summed E-state index contributed by atoms with van der Waals surface area (Å²) in [5, 5.41) is 10.9. The van der Waals surface area contributed by atoms with Crippen molar-refractivity contribution >= 4 is 5.82 Å². The maximum absolute atomic E-state index is 10.9. The molecule has 7 heteroatoms. The molecule has 1 aliphatic rings. The summed E-state index contributed by atoms with van der Waals surface area (Å²) in [5.41, 5.74) is 2.20. The number of aryl methyl sites for hydroxylation is 1. The highest BCUT2D eigenvalue weighted by molar-refractivity contribution is 5.27. The fraction of sp³-hybridized carbons (Fsp3) is 0.286. The number of nitrogens with zero attached hydrogens (tertiary/aromatic N) is 3. The Morgan fingerprint density at radius 1 is 1.07 bits per heavy atom. The van der Waals surface area contributed by atoms with Gasteiger partial charge in [0.25, 0.3) is 0 Å². The molecule has 0 N–H and O–H groups in total. The molecule has 1 unspecified atom stereocenters. The van der Waals surface area contributed by atoms with Gasteiger partial charge in [-0.25, -0.2) is 0 Å². The first kappa shape index (κ1) is 18.2. The fourth-order valence-electron chi connectivity index (χ4n) is 3.26. The summed E-state index contributed by atoms with van der Waals surface area (Å²) in [7, 11) is 0. The number of hydrogen-bond donors (Lipinski definition) is 0. The second-order valence-electron chi connectivity index (χ2n) is 6.81. The number of benzene rings is 2. The lowest BCUT2D eigenvalue weighted by molar-refractivity contribution is -0.389. The molecule has 0 aliphatic carbocycles. The Morgan fingerprint density at radius 3 is 2.57 bits per heavy atom. The van der Waals surface area contributed by atoms with Gasteiger partial charge in [0, 0.05) is 6.42 Å². The van der Waals surface area contributed by atoms with Crippen molar-refractivity contribution in [2.24, 2.45) is 0 Å². The van der Waals surface area contributed by atoms with Crippen LogP contribution in [0.4, 0.5) is 5.82 Å². The zero-order valence-electron chi connectivity index (χ0n) is 15.4. The highest BCUT2D eigenvalue weighted by atomic mass is 16.6. The highest BCUT2D eigenvalue weighted by Gasteiger charge is 2.26. The van der Waals surface area contributed by atoms with Crippen molar-refractivity contribution in [1.82, 2.24) is 9.55 Å². The molecule has 0 radical (unpaired) electrons. The van der Waals surface area contributed by atoms with Gasteiger partial charge in [-0.15, -0.1) is 0 Å². The van der Waals surface area contributed by atoms with Gasteiger partial charge in [-0.1, -0.05) is 42.5 Å². The van der Waals surface area contributed by atoms with E-state index in [1.165, 1.54) is 6.20 Å². The van der Waals surface area contributed by atoms with E-state index in [9.17, 15) is 10.1 Å². The maximum Gasteiger partial charge on any atom is 0.381 e. The molecule has 0 bridgehead atoms. The minimum Gasteiger partial charge on any atom is -0.489 e. The topological polar surface area (TPSA) is 79.4 Å². The van der Waals surface area contributed by atoms with Gasteiger partial charge >= 0.3 is 5.82 Å². The molecule has 0 saturated carbocycles. The minimum atomic E-state index is -0.456. The lowest BCUT2D eigenvalue weighted by Crippen LogP contribution is -2.26. The fourth-order valence-corrected chi connectivity index (χ4v) is 3.26. The van der Waals surface area contributed by atoms with E-state index in [-0.39, 0.29) is 11.9 Å². The van der Waals surface area contributed by atoms with E-state index >= 15 is 0 Å². The third-order valence-electron chi connectivity index (χ3n) is 4.78. The Bertz CT molecular complexity index is 938. The van der Waals surface area contributed by atoms with Crippen LogP contribution in [0.1, 0.15) is 23.4 Å². The zero-order chi connectivity index (χ0) is 19.3. The van der Waals surface area contributed by atoms with E-state index in [4.69, 9.17) is 9.47 Å². The van der Waals surface area contributed by atoms with Crippen LogP contribution in [0.3, 0.4) is 0 Å². The standard InChI is InChI=1S/C21H21N3O4/c25-24(26)21-13-23-12-19(10-11-20(23)22-21)28-15-17-6-8-18(9-7-17)27-14-16-4-2-1-3-5-16/h1-9,13,19H,10-12,14-15H2. The molecule has 1 aromatic heterocycles. The van der Waals surface area contributed by atoms with Crippen molar-refractivity contribution in [2.75, 3.05) is 0 Å². The average Bonchev–Trinajstić information content (AvgIpc) is 3.16. The van der Waals surface area contributed by atoms with Crippen molar-refractivity contribution in [3.05, 3.63) is 87.9 Å². The number of rotatable bonds is 7. The second kappa shape index (κ2) is 8.22. The van der Waals surface area contributed by atoms with Crippen LogP contribution < -0.4 is 4.74 Å². The molecule has 3 aromatic rings. The van der Waals surface area contributed by atoms with Crippen LogP contribution in [0.25, 0.3) is 0 Å². The third-order valence-corrected chi connectivity index (χ3v) is 4.78. The van der Waals surface area contributed by atoms with Crippen LogP contribution in [0.2, 0.25) is 0 Å². The molecule has 28 heavy (non-hydrogen) atoms. The number of imidazole rings is 1. The Kier molecular flexibility index (Phi) is 5.34. The largest absolute Gasteiger partial charge is 0.489 e. The van der Waals surface area contributed by atoms with Crippen LogP contribution in [0, 0.1) is 10.1 Å². The van der Waals surface area contributed by atoms with Gasteiger partial charge in [-0.2, -0.15) is 0 Å². The minimum absolute atomic E-state index is 0.0234. The van der Waals surface area contributed by atoms with Gasteiger partial charge in [0.15, 0.2) is 0 Å². The molecule has 0 fully saturated rings. The Balaban J connectivity index is 1.27. The first-order valence-corrected chi connectivity index (χ1v) is 9.25. The summed E-state index contributed by atoms with van der Waals surface area (Å²) in [6.45, 7) is 1.63. The van der Waals surface area contributed by atoms with E-state index in [1.54, 1.807) is 0 Å². The molecule has 0 saturated heterocycles. The average molecular weight is 379 g/mol. The van der Waals surface area contributed by atoms with E-state index in [0.29, 0.717) is 26.2 Å². The molecule has 4 rings (SSSR count). The Morgan fingerprint density at radius 2 is 1.82 bits per heavy atom. The first-order valence-electron chi connectivity index (χ1n) is 9.25. The van der Waals surface area contributed by atoms with Gasteiger partial charge in [0.1, 0.15) is 18.6 Å². The number of hydrogen-bond acceptors (Lipinski definition) is 5. The molecule has 0 amide bonds. The smallest absolute Gasteiger partial charge is 0.381 e. The molecule has 1 atom stereocenters. The molecule has 2 aromatic carbocycles. The molecule has 1 aliphatic heterocycles. The molecular weight excluding hydrogens is 358 g/mol. The maximum atomic E-state index is 10.9. The lowest BCUT2D eigenvalue weighted by Gasteiger charge is -2.22. The number of fused-ring (bicyclic) bond motifs is 1. The molecule has 144 valence electrons. The number of aromatic nitrogens is 2. The van der Waals surface area contributed by atoms with Gasteiger partial charge < -0.3 is 24.2 Å². The van der Waals surface area contributed by atoms with Crippen molar-refractivity contribution in [3.8, 4) is 5.75 Å². The van der Waals surface area contributed by atoms with Crippen LogP contribution in [0.5, 0.6) is 5.75 Å².